The summed E-state index contributed by atoms with van der Waals surface area (Å²) in [4.78, 5) is 11.5. The van der Waals surface area contributed by atoms with Crippen LogP contribution in [0.15, 0.2) is 24.3 Å². The lowest BCUT2D eigenvalue weighted by molar-refractivity contribution is -0.119. The van der Waals surface area contributed by atoms with Gasteiger partial charge in [0.25, 0.3) is 0 Å². The van der Waals surface area contributed by atoms with E-state index >= 15 is 0 Å². The monoisotopic (exact) mass is 220 g/mol. The van der Waals surface area contributed by atoms with E-state index in [0.29, 0.717) is 25.2 Å². The van der Waals surface area contributed by atoms with Crippen molar-refractivity contribution >= 4 is 5.78 Å². The van der Waals surface area contributed by atoms with Crippen LogP contribution in [0.25, 0.3) is 0 Å². The largest absolute Gasteiger partial charge is 0.385 e. The molecule has 1 rings (SSSR count). The van der Waals surface area contributed by atoms with Crippen molar-refractivity contribution < 1.29 is 9.53 Å². The Morgan fingerprint density at radius 2 is 1.88 bits per heavy atom. The van der Waals surface area contributed by atoms with Gasteiger partial charge in [0, 0.05) is 26.6 Å². The van der Waals surface area contributed by atoms with Gasteiger partial charge in [0.2, 0.25) is 0 Å². The van der Waals surface area contributed by atoms with Crippen LogP contribution in [0.5, 0.6) is 0 Å². The number of ether oxygens (including phenoxy) is 1. The number of carbonyl (C=O) groups is 1. The Balaban J connectivity index is 2.23. The number of rotatable bonds is 7. The highest BCUT2D eigenvalue weighted by Gasteiger charge is 2.02. The summed E-state index contributed by atoms with van der Waals surface area (Å²) in [5, 5.41) is 0. The lowest BCUT2D eigenvalue weighted by Crippen LogP contribution is -2.02. The topological polar surface area (TPSA) is 26.3 Å². The van der Waals surface area contributed by atoms with E-state index in [0.717, 1.165) is 12.8 Å². The van der Waals surface area contributed by atoms with E-state index in [1.165, 1.54) is 11.1 Å². The Morgan fingerprint density at radius 1 is 1.19 bits per heavy atom. The maximum absolute atomic E-state index is 11.5. The SMILES string of the molecule is COCCCC(=O)CCc1ccc(C)cc1. The van der Waals surface area contributed by atoms with Gasteiger partial charge in [-0.25, -0.2) is 0 Å². The second kappa shape index (κ2) is 7.18. The summed E-state index contributed by atoms with van der Waals surface area (Å²) >= 11 is 0. The zero-order valence-corrected chi connectivity index (χ0v) is 10.2. The second-order valence-corrected chi connectivity index (χ2v) is 4.12. The summed E-state index contributed by atoms with van der Waals surface area (Å²) in [6, 6.07) is 8.37. The van der Waals surface area contributed by atoms with Gasteiger partial charge in [-0.15, -0.1) is 0 Å². The molecule has 0 saturated carbocycles. The molecule has 2 heteroatoms. The molecule has 0 aliphatic heterocycles. The maximum Gasteiger partial charge on any atom is 0.133 e. The quantitative estimate of drug-likeness (QED) is 0.660. The van der Waals surface area contributed by atoms with Crippen molar-refractivity contribution in [3.05, 3.63) is 35.4 Å². The maximum atomic E-state index is 11.5. The number of hydrogen-bond acceptors (Lipinski definition) is 2. The van der Waals surface area contributed by atoms with E-state index < -0.39 is 0 Å². The molecular formula is C14H20O2. The van der Waals surface area contributed by atoms with Crippen molar-refractivity contribution in [2.24, 2.45) is 0 Å². The first-order valence-electron chi connectivity index (χ1n) is 5.78. The summed E-state index contributed by atoms with van der Waals surface area (Å²) < 4.78 is 4.92. The number of benzene rings is 1. The first-order valence-corrected chi connectivity index (χ1v) is 5.78. The van der Waals surface area contributed by atoms with Gasteiger partial charge in [0.05, 0.1) is 0 Å². The number of aryl methyl sites for hydroxylation is 2. The van der Waals surface area contributed by atoms with E-state index in [4.69, 9.17) is 4.74 Å². The molecule has 0 saturated heterocycles. The van der Waals surface area contributed by atoms with Gasteiger partial charge in [-0.3, -0.25) is 4.79 Å². The summed E-state index contributed by atoms with van der Waals surface area (Å²) in [6.07, 6.45) is 2.97. The fourth-order valence-corrected chi connectivity index (χ4v) is 1.58. The molecule has 2 nitrogen and oxygen atoms in total. The Morgan fingerprint density at radius 3 is 2.50 bits per heavy atom. The van der Waals surface area contributed by atoms with Crippen LogP contribution >= 0.6 is 0 Å². The summed E-state index contributed by atoms with van der Waals surface area (Å²) in [5.41, 5.74) is 2.50. The highest BCUT2D eigenvalue weighted by Crippen LogP contribution is 2.07. The number of methoxy groups -OCH3 is 1. The van der Waals surface area contributed by atoms with Crippen LogP contribution in [0.2, 0.25) is 0 Å². The van der Waals surface area contributed by atoms with Crippen LogP contribution in [0.1, 0.15) is 30.4 Å². The molecule has 0 N–H and O–H groups in total. The minimum absolute atomic E-state index is 0.331. The molecule has 88 valence electrons. The molecule has 0 atom stereocenters. The highest BCUT2D eigenvalue weighted by molar-refractivity contribution is 5.78. The van der Waals surface area contributed by atoms with Crippen LogP contribution in [0.4, 0.5) is 0 Å². The van der Waals surface area contributed by atoms with Gasteiger partial charge in [-0.2, -0.15) is 0 Å². The average Bonchev–Trinajstić information content (AvgIpc) is 2.29. The minimum atomic E-state index is 0.331. The third-order valence-electron chi connectivity index (χ3n) is 2.62. The molecule has 16 heavy (non-hydrogen) atoms. The first kappa shape index (κ1) is 12.9. The molecule has 0 unspecified atom stereocenters. The molecular weight excluding hydrogens is 200 g/mol. The second-order valence-electron chi connectivity index (χ2n) is 4.12. The lowest BCUT2D eigenvalue weighted by atomic mass is 10.0. The molecule has 0 bridgehead atoms. The standard InChI is InChI=1S/C14H20O2/c1-12-5-7-13(8-6-12)9-10-14(15)4-3-11-16-2/h5-8H,3-4,9-11H2,1-2H3. The number of Topliss-reactive ketones (excluding diaryl/α,β-unsaturated/α-hetero) is 1. The first-order chi connectivity index (χ1) is 7.72. The van der Waals surface area contributed by atoms with Crippen molar-refractivity contribution in [2.75, 3.05) is 13.7 Å². The van der Waals surface area contributed by atoms with Gasteiger partial charge in [0.1, 0.15) is 5.78 Å². The van der Waals surface area contributed by atoms with Crippen molar-refractivity contribution in [1.82, 2.24) is 0 Å². The normalized spacial score (nSPS) is 10.4. The molecule has 0 heterocycles. The molecule has 0 aliphatic carbocycles. The lowest BCUT2D eigenvalue weighted by Gasteiger charge is -2.02. The Bertz CT molecular complexity index is 314. The van der Waals surface area contributed by atoms with Crippen LogP contribution in [0, 0.1) is 6.92 Å². The Hall–Kier alpha value is -1.15. The van der Waals surface area contributed by atoms with Crippen molar-refractivity contribution in [1.29, 1.82) is 0 Å². The van der Waals surface area contributed by atoms with Gasteiger partial charge in [0.15, 0.2) is 0 Å². The fourth-order valence-electron chi connectivity index (χ4n) is 1.58. The van der Waals surface area contributed by atoms with E-state index in [-0.39, 0.29) is 0 Å². The third-order valence-corrected chi connectivity index (χ3v) is 2.62. The summed E-state index contributed by atoms with van der Waals surface area (Å²) in [5.74, 6) is 0.331. The fraction of sp³-hybridized carbons (Fsp3) is 0.500. The van der Waals surface area contributed by atoms with E-state index in [1.807, 2.05) is 0 Å². The zero-order valence-electron chi connectivity index (χ0n) is 10.2. The Kier molecular flexibility index (Phi) is 5.79. The third kappa shape index (κ3) is 5.08. The van der Waals surface area contributed by atoms with Gasteiger partial charge in [-0.1, -0.05) is 29.8 Å². The van der Waals surface area contributed by atoms with Gasteiger partial charge >= 0.3 is 0 Å². The molecule has 0 fully saturated rings. The molecule has 1 aromatic rings. The van der Waals surface area contributed by atoms with E-state index in [2.05, 4.69) is 31.2 Å². The molecule has 0 aromatic heterocycles. The van der Waals surface area contributed by atoms with E-state index in [1.54, 1.807) is 7.11 Å². The molecule has 0 spiro atoms. The Labute approximate surface area is 97.6 Å². The highest BCUT2D eigenvalue weighted by atomic mass is 16.5. The van der Waals surface area contributed by atoms with Crippen LogP contribution < -0.4 is 0 Å². The van der Waals surface area contributed by atoms with Crippen molar-refractivity contribution in [2.45, 2.75) is 32.6 Å². The van der Waals surface area contributed by atoms with Crippen LogP contribution in [-0.2, 0) is 16.0 Å². The number of carbonyl (C=O) groups excluding carboxylic acids is 1. The van der Waals surface area contributed by atoms with Gasteiger partial charge < -0.3 is 4.74 Å². The number of hydrogen-bond donors (Lipinski definition) is 0. The number of ketones is 1. The zero-order chi connectivity index (χ0) is 11.8. The minimum Gasteiger partial charge on any atom is -0.385 e. The van der Waals surface area contributed by atoms with Crippen molar-refractivity contribution in [3.8, 4) is 0 Å². The molecule has 0 radical (unpaired) electrons. The predicted molar refractivity (Wildman–Crippen MR) is 65.6 cm³/mol. The van der Waals surface area contributed by atoms with Crippen LogP contribution in [0.3, 0.4) is 0 Å². The predicted octanol–water partition coefficient (Wildman–Crippen LogP) is 2.92. The van der Waals surface area contributed by atoms with Crippen molar-refractivity contribution in [3.63, 3.8) is 0 Å². The van der Waals surface area contributed by atoms with Crippen LogP contribution in [-0.4, -0.2) is 19.5 Å². The summed E-state index contributed by atoms with van der Waals surface area (Å²) in [7, 11) is 1.66. The molecule has 1 aromatic carbocycles. The molecule has 0 aliphatic rings. The average molecular weight is 220 g/mol. The van der Waals surface area contributed by atoms with Gasteiger partial charge in [-0.05, 0) is 25.3 Å². The van der Waals surface area contributed by atoms with E-state index in [9.17, 15) is 4.79 Å². The molecule has 0 amide bonds. The smallest absolute Gasteiger partial charge is 0.133 e. The summed E-state index contributed by atoms with van der Waals surface area (Å²) in [6.45, 7) is 2.75.